The van der Waals surface area contributed by atoms with Crippen LogP contribution in [0.4, 0.5) is 5.69 Å². The molecule has 6 heteroatoms. The van der Waals surface area contributed by atoms with E-state index in [1.165, 1.54) is 0 Å². The first kappa shape index (κ1) is 12.9. The molecule has 0 saturated carbocycles. The van der Waals surface area contributed by atoms with Crippen LogP contribution in [-0.2, 0) is 0 Å². The summed E-state index contributed by atoms with van der Waals surface area (Å²) in [5.41, 5.74) is 8.70. The van der Waals surface area contributed by atoms with E-state index in [2.05, 4.69) is 22.7 Å². The highest BCUT2D eigenvalue weighted by atomic mass is 32.1. The number of rotatable bonds is 5. The van der Waals surface area contributed by atoms with E-state index in [-0.39, 0.29) is 10.7 Å². The van der Waals surface area contributed by atoms with E-state index < -0.39 is 0 Å². The van der Waals surface area contributed by atoms with E-state index in [9.17, 15) is 0 Å². The number of hydrazone groups is 1. The lowest BCUT2D eigenvalue weighted by atomic mass is 10.3. The fourth-order valence-electron chi connectivity index (χ4n) is 1.05. The van der Waals surface area contributed by atoms with Crippen LogP contribution >= 0.6 is 12.2 Å². The highest BCUT2D eigenvalue weighted by molar-refractivity contribution is 7.82. The van der Waals surface area contributed by atoms with Crippen LogP contribution in [-0.4, -0.2) is 17.3 Å². The molecule has 0 aromatic heterocycles. The van der Waals surface area contributed by atoms with E-state index in [4.69, 9.17) is 15.7 Å². The van der Waals surface area contributed by atoms with E-state index in [0.29, 0.717) is 6.61 Å². The number of nitrogens with zero attached hydrogens (tertiary/aromatic N) is 2. The van der Waals surface area contributed by atoms with Gasteiger partial charge in [0.25, 0.3) is 0 Å². The summed E-state index contributed by atoms with van der Waals surface area (Å²) in [5.74, 6) is 0.775. The van der Waals surface area contributed by atoms with Crippen molar-refractivity contribution in [1.82, 2.24) is 0 Å². The fourth-order valence-corrected chi connectivity index (χ4v) is 1.14. The van der Waals surface area contributed by atoms with Gasteiger partial charge in [-0.1, -0.05) is 12.2 Å². The minimum absolute atomic E-state index is 0.00566. The number of nitrogens with one attached hydrogen (secondary N) is 1. The predicted octanol–water partition coefficient (Wildman–Crippen LogP) is 1.66. The first-order chi connectivity index (χ1) is 8.17. The summed E-state index contributed by atoms with van der Waals surface area (Å²) in [4.78, 5) is -0.0362. The van der Waals surface area contributed by atoms with Gasteiger partial charge in [-0.25, -0.2) is 0 Å². The van der Waals surface area contributed by atoms with Gasteiger partial charge in [-0.15, -0.1) is 0 Å². The molecule has 0 heterocycles. The van der Waals surface area contributed by atoms with Crippen molar-refractivity contribution in [1.29, 1.82) is 5.26 Å². The number of nitriles is 1. The van der Waals surface area contributed by atoms with Gasteiger partial charge in [0, 0.05) is 0 Å². The normalized spacial score (nSPS) is 10.5. The van der Waals surface area contributed by atoms with Crippen molar-refractivity contribution in [2.75, 3.05) is 12.0 Å². The Bertz CT molecular complexity index is 461. The van der Waals surface area contributed by atoms with Gasteiger partial charge >= 0.3 is 0 Å². The van der Waals surface area contributed by atoms with E-state index in [0.717, 1.165) is 11.4 Å². The number of hydrogen-bond acceptors (Lipinski definition) is 5. The molecule has 0 radical (unpaired) electrons. The van der Waals surface area contributed by atoms with Crippen molar-refractivity contribution in [3.63, 3.8) is 0 Å². The zero-order valence-corrected chi connectivity index (χ0v) is 10.1. The molecule has 1 rings (SSSR count). The Balaban J connectivity index is 2.70. The maximum absolute atomic E-state index is 8.68. The Kier molecular flexibility index (Phi) is 4.91. The van der Waals surface area contributed by atoms with E-state index in [1.54, 1.807) is 30.3 Å². The third-order valence-electron chi connectivity index (χ3n) is 1.80. The quantitative estimate of drug-likeness (QED) is 0.470. The molecule has 0 fully saturated rings. The zero-order chi connectivity index (χ0) is 12.7. The summed E-state index contributed by atoms with van der Waals surface area (Å²) in [6.07, 6.45) is 0. The summed E-state index contributed by atoms with van der Waals surface area (Å²) in [5, 5.41) is 12.5. The van der Waals surface area contributed by atoms with E-state index >= 15 is 0 Å². The molecule has 17 heavy (non-hydrogen) atoms. The standard InChI is InChI=1S/C11H12N4OS/c1-2-16-9-5-3-8(4-6-9)14-15-10(7-12)11(13)17/h3-6,14H,2H2,1H3,(H2,13,17)/b15-10-. The smallest absolute Gasteiger partial charge is 0.194 e. The van der Waals surface area contributed by atoms with Gasteiger partial charge < -0.3 is 10.5 Å². The number of anilines is 1. The highest BCUT2D eigenvalue weighted by Crippen LogP contribution is 2.15. The van der Waals surface area contributed by atoms with Gasteiger partial charge in [-0.05, 0) is 31.2 Å². The topological polar surface area (TPSA) is 83.4 Å². The van der Waals surface area contributed by atoms with Gasteiger partial charge in [-0.3, -0.25) is 5.43 Å². The number of ether oxygens (including phenoxy) is 1. The predicted molar refractivity (Wildman–Crippen MR) is 71.1 cm³/mol. The van der Waals surface area contributed by atoms with Crippen LogP contribution < -0.4 is 15.9 Å². The molecule has 0 atom stereocenters. The minimum Gasteiger partial charge on any atom is -0.494 e. The summed E-state index contributed by atoms with van der Waals surface area (Å²) in [7, 11) is 0. The van der Waals surface area contributed by atoms with Gasteiger partial charge in [0.1, 0.15) is 16.8 Å². The zero-order valence-electron chi connectivity index (χ0n) is 9.30. The fraction of sp³-hybridized carbons (Fsp3) is 0.182. The maximum atomic E-state index is 8.68. The Morgan fingerprint density at radius 1 is 1.53 bits per heavy atom. The van der Waals surface area contributed by atoms with Crippen molar-refractivity contribution in [3.05, 3.63) is 24.3 Å². The second-order valence-electron chi connectivity index (χ2n) is 3.01. The molecule has 1 aromatic rings. The molecule has 0 aliphatic heterocycles. The van der Waals surface area contributed by atoms with Crippen molar-refractivity contribution < 1.29 is 4.74 Å². The van der Waals surface area contributed by atoms with Gasteiger partial charge in [0.2, 0.25) is 0 Å². The first-order valence-corrected chi connectivity index (χ1v) is 5.34. The summed E-state index contributed by atoms with van der Waals surface area (Å²) < 4.78 is 5.29. The molecule has 0 aliphatic rings. The van der Waals surface area contributed by atoms with Crippen molar-refractivity contribution in [2.24, 2.45) is 10.8 Å². The molecule has 0 amide bonds. The molecule has 1 aromatic carbocycles. The molecule has 0 saturated heterocycles. The second-order valence-corrected chi connectivity index (χ2v) is 3.45. The lowest BCUT2D eigenvalue weighted by Crippen LogP contribution is -2.20. The van der Waals surface area contributed by atoms with Crippen LogP contribution in [0.1, 0.15) is 6.92 Å². The average Bonchev–Trinajstić information content (AvgIpc) is 2.32. The molecule has 5 nitrogen and oxygen atoms in total. The Hall–Kier alpha value is -2.13. The number of benzene rings is 1. The van der Waals surface area contributed by atoms with Crippen LogP contribution in [0, 0.1) is 11.3 Å². The largest absolute Gasteiger partial charge is 0.494 e. The molecular formula is C11H12N4OS. The van der Waals surface area contributed by atoms with Crippen molar-refractivity contribution in [3.8, 4) is 11.8 Å². The summed E-state index contributed by atoms with van der Waals surface area (Å²) in [6.45, 7) is 2.53. The lowest BCUT2D eigenvalue weighted by molar-refractivity contribution is 0.340. The van der Waals surface area contributed by atoms with Gasteiger partial charge in [0.15, 0.2) is 5.71 Å². The Morgan fingerprint density at radius 2 is 2.18 bits per heavy atom. The molecule has 0 unspecified atom stereocenters. The monoisotopic (exact) mass is 248 g/mol. The lowest BCUT2D eigenvalue weighted by Gasteiger charge is -2.04. The molecule has 0 spiro atoms. The minimum atomic E-state index is -0.0362. The van der Waals surface area contributed by atoms with Gasteiger partial charge in [0.05, 0.1) is 12.3 Å². The summed E-state index contributed by atoms with van der Waals surface area (Å²) >= 11 is 4.65. The third kappa shape index (κ3) is 4.09. The summed E-state index contributed by atoms with van der Waals surface area (Å²) in [6, 6.07) is 8.96. The van der Waals surface area contributed by atoms with Crippen LogP contribution in [0.15, 0.2) is 29.4 Å². The number of nitrogens with two attached hydrogens (primary N) is 1. The van der Waals surface area contributed by atoms with Crippen molar-refractivity contribution >= 4 is 28.6 Å². The molecule has 88 valence electrons. The van der Waals surface area contributed by atoms with Gasteiger partial charge in [-0.2, -0.15) is 10.4 Å². The van der Waals surface area contributed by atoms with Crippen LogP contribution in [0.3, 0.4) is 0 Å². The van der Waals surface area contributed by atoms with Crippen molar-refractivity contribution in [2.45, 2.75) is 6.92 Å². The third-order valence-corrected chi connectivity index (χ3v) is 1.99. The average molecular weight is 248 g/mol. The van der Waals surface area contributed by atoms with E-state index in [1.807, 2.05) is 6.92 Å². The number of thiocarbonyl (C=S) groups is 1. The number of hydrogen-bond donors (Lipinski definition) is 2. The van der Waals surface area contributed by atoms with Crippen LogP contribution in [0.5, 0.6) is 5.75 Å². The molecular weight excluding hydrogens is 236 g/mol. The Morgan fingerprint density at radius 3 is 2.65 bits per heavy atom. The maximum Gasteiger partial charge on any atom is 0.194 e. The molecule has 0 bridgehead atoms. The van der Waals surface area contributed by atoms with Crippen LogP contribution in [0.25, 0.3) is 0 Å². The Labute approximate surface area is 105 Å². The first-order valence-electron chi connectivity index (χ1n) is 4.93. The molecule has 0 aliphatic carbocycles. The molecule has 3 N–H and O–H groups in total. The second kappa shape index (κ2) is 6.45. The van der Waals surface area contributed by atoms with Crippen LogP contribution in [0.2, 0.25) is 0 Å². The SMILES string of the molecule is CCOc1ccc(N/N=C(/C#N)C(N)=S)cc1. The highest BCUT2D eigenvalue weighted by Gasteiger charge is 2.00.